The maximum Gasteiger partial charge on any atom is 0.221 e. The highest BCUT2D eigenvalue weighted by Crippen LogP contribution is 2.33. The van der Waals surface area contributed by atoms with E-state index >= 15 is 0 Å². The van der Waals surface area contributed by atoms with Crippen LogP contribution in [0, 0.1) is 5.92 Å². The fourth-order valence-corrected chi connectivity index (χ4v) is 2.20. The number of ketones is 1. The van der Waals surface area contributed by atoms with Gasteiger partial charge in [-0.3, -0.25) is 4.79 Å². The highest BCUT2D eigenvalue weighted by molar-refractivity contribution is 6.30. The zero-order valence-corrected chi connectivity index (χ0v) is 12.6. The Morgan fingerprint density at radius 1 is 1.33 bits per heavy atom. The molecule has 4 heteroatoms. The summed E-state index contributed by atoms with van der Waals surface area (Å²) in [7, 11) is 0. The Hall–Kier alpha value is -1.87. The van der Waals surface area contributed by atoms with Crippen LogP contribution in [0.25, 0.3) is 11.1 Å². The minimum atomic E-state index is -0.00791. The predicted molar refractivity (Wildman–Crippen MR) is 82.9 cm³/mol. The van der Waals surface area contributed by atoms with Crippen LogP contribution in [0.1, 0.15) is 30.1 Å². The molecule has 1 saturated carbocycles. The van der Waals surface area contributed by atoms with E-state index in [1.165, 1.54) is 19.8 Å². The second-order valence-corrected chi connectivity index (χ2v) is 5.83. The van der Waals surface area contributed by atoms with Crippen molar-refractivity contribution in [3.05, 3.63) is 47.1 Å². The molecule has 1 heterocycles. The summed E-state index contributed by atoms with van der Waals surface area (Å²) in [4.78, 5) is 15.9. The van der Waals surface area contributed by atoms with E-state index in [4.69, 9.17) is 16.3 Å². The number of aromatic nitrogens is 1. The van der Waals surface area contributed by atoms with Gasteiger partial charge in [0.25, 0.3) is 0 Å². The van der Waals surface area contributed by atoms with Crippen LogP contribution >= 0.6 is 11.6 Å². The van der Waals surface area contributed by atoms with Crippen LogP contribution in [0.5, 0.6) is 5.88 Å². The molecule has 2 aromatic rings. The van der Waals surface area contributed by atoms with Gasteiger partial charge in [0.2, 0.25) is 5.88 Å². The molecule has 0 N–H and O–H groups in total. The average molecular weight is 302 g/mol. The molecule has 0 aliphatic heterocycles. The lowest BCUT2D eigenvalue weighted by molar-refractivity contribution is 0.101. The van der Waals surface area contributed by atoms with Crippen LogP contribution in [0.15, 0.2) is 36.5 Å². The number of hydrogen-bond donors (Lipinski definition) is 0. The molecule has 1 aromatic carbocycles. The van der Waals surface area contributed by atoms with Gasteiger partial charge < -0.3 is 4.74 Å². The summed E-state index contributed by atoms with van der Waals surface area (Å²) < 4.78 is 5.83. The summed E-state index contributed by atoms with van der Waals surface area (Å²) in [6, 6.07) is 9.30. The van der Waals surface area contributed by atoms with Crippen LogP contribution in [0.3, 0.4) is 0 Å². The molecule has 1 aliphatic rings. The van der Waals surface area contributed by atoms with Crippen molar-refractivity contribution in [2.45, 2.75) is 19.8 Å². The van der Waals surface area contributed by atoms with Crippen molar-refractivity contribution in [3.8, 4) is 17.0 Å². The van der Waals surface area contributed by atoms with Gasteiger partial charge in [0, 0.05) is 22.3 Å². The zero-order chi connectivity index (χ0) is 14.8. The van der Waals surface area contributed by atoms with Crippen LogP contribution in [-0.2, 0) is 0 Å². The lowest BCUT2D eigenvalue weighted by Crippen LogP contribution is -2.04. The molecular formula is C17H16ClNO2. The van der Waals surface area contributed by atoms with Gasteiger partial charge in [-0.25, -0.2) is 4.98 Å². The minimum absolute atomic E-state index is 0.00791. The molecule has 0 spiro atoms. The van der Waals surface area contributed by atoms with Crippen molar-refractivity contribution < 1.29 is 9.53 Å². The molecule has 0 radical (unpaired) electrons. The normalized spacial score (nSPS) is 14.0. The lowest BCUT2D eigenvalue weighted by Gasteiger charge is -2.11. The van der Waals surface area contributed by atoms with Gasteiger partial charge >= 0.3 is 0 Å². The Morgan fingerprint density at radius 3 is 2.67 bits per heavy atom. The summed E-state index contributed by atoms with van der Waals surface area (Å²) in [5.41, 5.74) is 2.36. The number of benzene rings is 1. The SMILES string of the molecule is CC(=O)c1cnc(OCC2CC2)c(-c2ccc(Cl)cc2)c1. The highest BCUT2D eigenvalue weighted by Gasteiger charge is 2.23. The lowest BCUT2D eigenvalue weighted by atomic mass is 10.0. The van der Waals surface area contributed by atoms with Crippen LogP contribution in [0.4, 0.5) is 0 Å². The van der Waals surface area contributed by atoms with Crippen LogP contribution in [-0.4, -0.2) is 17.4 Å². The highest BCUT2D eigenvalue weighted by atomic mass is 35.5. The maximum atomic E-state index is 11.6. The largest absolute Gasteiger partial charge is 0.477 e. The Kier molecular flexibility index (Phi) is 3.93. The predicted octanol–water partition coefficient (Wildman–Crippen LogP) is 4.39. The maximum absolute atomic E-state index is 11.6. The van der Waals surface area contributed by atoms with E-state index in [1.807, 2.05) is 30.3 Å². The van der Waals surface area contributed by atoms with Gasteiger partial charge in [0.1, 0.15) is 0 Å². The fourth-order valence-electron chi connectivity index (χ4n) is 2.08. The number of carbonyl (C=O) groups excluding carboxylic acids is 1. The zero-order valence-electron chi connectivity index (χ0n) is 11.8. The van der Waals surface area contributed by atoms with Crippen molar-refractivity contribution in [2.75, 3.05) is 6.61 Å². The van der Waals surface area contributed by atoms with E-state index in [0.717, 1.165) is 11.1 Å². The van der Waals surface area contributed by atoms with Gasteiger partial charge in [-0.1, -0.05) is 23.7 Å². The summed E-state index contributed by atoms with van der Waals surface area (Å²) in [5.74, 6) is 1.22. The molecule has 108 valence electrons. The molecule has 21 heavy (non-hydrogen) atoms. The Balaban J connectivity index is 1.97. The summed E-state index contributed by atoms with van der Waals surface area (Å²) in [5, 5.41) is 0.676. The molecule has 3 nitrogen and oxygen atoms in total. The first-order valence-electron chi connectivity index (χ1n) is 7.03. The number of ether oxygens (including phenoxy) is 1. The van der Waals surface area contributed by atoms with E-state index < -0.39 is 0 Å². The number of halogens is 1. The Bertz CT molecular complexity index is 663. The molecular weight excluding hydrogens is 286 g/mol. The first-order valence-corrected chi connectivity index (χ1v) is 7.41. The topological polar surface area (TPSA) is 39.2 Å². The van der Waals surface area contributed by atoms with Gasteiger partial charge in [0.05, 0.1) is 6.61 Å². The van der Waals surface area contributed by atoms with E-state index in [9.17, 15) is 4.79 Å². The Labute approximate surface area is 128 Å². The third-order valence-corrected chi connectivity index (χ3v) is 3.82. The van der Waals surface area contributed by atoms with E-state index in [0.29, 0.717) is 29.0 Å². The minimum Gasteiger partial charge on any atom is -0.477 e. The first-order chi connectivity index (χ1) is 10.1. The number of pyridine rings is 1. The quantitative estimate of drug-likeness (QED) is 0.769. The van der Waals surface area contributed by atoms with Crippen molar-refractivity contribution in [1.29, 1.82) is 0 Å². The third kappa shape index (κ3) is 3.42. The van der Waals surface area contributed by atoms with Gasteiger partial charge in [-0.2, -0.15) is 0 Å². The second-order valence-electron chi connectivity index (χ2n) is 5.39. The summed E-state index contributed by atoms with van der Waals surface area (Å²) in [6.45, 7) is 2.22. The number of Topliss-reactive ketones (excluding diaryl/α,β-unsaturated/α-hetero) is 1. The van der Waals surface area contributed by atoms with Crippen LogP contribution < -0.4 is 4.74 Å². The third-order valence-electron chi connectivity index (χ3n) is 3.57. The Morgan fingerprint density at radius 2 is 2.05 bits per heavy atom. The van der Waals surface area contributed by atoms with Crippen LogP contribution in [0.2, 0.25) is 5.02 Å². The second kappa shape index (κ2) is 5.86. The van der Waals surface area contributed by atoms with Crippen molar-refractivity contribution in [2.24, 2.45) is 5.92 Å². The molecule has 0 amide bonds. The van der Waals surface area contributed by atoms with E-state index in [2.05, 4.69) is 4.98 Å². The van der Waals surface area contributed by atoms with Gasteiger partial charge in [0.15, 0.2) is 5.78 Å². The summed E-state index contributed by atoms with van der Waals surface area (Å²) >= 11 is 5.93. The monoisotopic (exact) mass is 301 g/mol. The number of nitrogens with zero attached hydrogens (tertiary/aromatic N) is 1. The molecule has 1 aliphatic carbocycles. The smallest absolute Gasteiger partial charge is 0.221 e. The molecule has 1 aromatic heterocycles. The standard InChI is InChI=1S/C17H16ClNO2/c1-11(20)14-8-16(13-4-6-15(18)7-5-13)17(19-9-14)21-10-12-2-3-12/h4-9,12H,2-3,10H2,1H3. The van der Waals surface area contributed by atoms with E-state index in [-0.39, 0.29) is 5.78 Å². The fraction of sp³-hybridized carbons (Fsp3) is 0.294. The summed E-state index contributed by atoms with van der Waals surface area (Å²) in [6.07, 6.45) is 4.02. The average Bonchev–Trinajstić information content (AvgIpc) is 3.30. The molecule has 0 saturated heterocycles. The molecule has 0 unspecified atom stereocenters. The molecule has 1 fully saturated rings. The van der Waals surface area contributed by atoms with Crippen molar-refractivity contribution in [3.63, 3.8) is 0 Å². The van der Waals surface area contributed by atoms with Crippen molar-refractivity contribution in [1.82, 2.24) is 4.98 Å². The van der Waals surface area contributed by atoms with Gasteiger partial charge in [-0.15, -0.1) is 0 Å². The molecule has 0 bridgehead atoms. The van der Waals surface area contributed by atoms with Gasteiger partial charge in [-0.05, 0) is 49.4 Å². The first kappa shape index (κ1) is 14.1. The number of carbonyl (C=O) groups is 1. The number of rotatable bonds is 5. The van der Waals surface area contributed by atoms with E-state index in [1.54, 1.807) is 6.20 Å². The molecule has 0 atom stereocenters. The van der Waals surface area contributed by atoms with Crippen molar-refractivity contribution >= 4 is 17.4 Å². The number of hydrogen-bond acceptors (Lipinski definition) is 3. The molecule has 3 rings (SSSR count).